The van der Waals surface area contributed by atoms with Gasteiger partial charge in [0, 0.05) is 6.61 Å². The van der Waals surface area contributed by atoms with Crippen molar-refractivity contribution in [2.75, 3.05) is 27.2 Å². The minimum absolute atomic E-state index is 0.116. The zero-order valence-electron chi connectivity index (χ0n) is 8.97. The lowest BCUT2D eigenvalue weighted by Gasteiger charge is -2.05. The minimum atomic E-state index is -0.984. The number of H-pyrrole nitrogens is 1. The van der Waals surface area contributed by atoms with Crippen molar-refractivity contribution < 1.29 is 15.0 Å². The van der Waals surface area contributed by atoms with Gasteiger partial charge in [0.05, 0.1) is 12.5 Å². The Morgan fingerprint density at radius 2 is 2.27 bits per heavy atom. The SMILES string of the molecule is CN(C)CCCO.O=C(O)c1cnc[nH]1. The average Bonchev–Trinajstić information content (AvgIpc) is 2.68. The Hall–Kier alpha value is -1.40. The number of carbonyl (C=O) groups is 1. The Balaban J connectivity index is 0.000000265. The van der Waals surface area contributed by atoms with E-state index in [4.69, 9.17) is 10.2 Å². The van der Waals surface area contributed by atoms with Crippen LogP contribution in [0.25, 0.3) is 0 Å². The number of hydrogen-bond acceptors (Lipinski definition) is 4. The second-order valence-corrected chi connectivity index (χ2v) is 3.15. The summed E-state index contributed by atoms with van der Waals surface area (Å²) in [7, 11) is 3.99. The van der Waals surface area contributed by atoms with Crippen molar-refractivity contribution in [1.29, 1.82) is 0 Å². The van der Waals surface area contributed by atoms with Gasteiger partial charge >= 0.3 is 5.97 Å². The van der Waals surface area contributed by atoms with Gasteiger partial charge in [-0.1, -0.05) is 0 Å². The summed E-state index contributed by atoms with van der Waals surface area (Å²) in [4.78, 5) is 18.0. The molecule has 6 nitrogen and oxygen atoms in total. The molecule has 0 aliphatic carbocycles. The number of aliphatic hydroxyl groups is 1. The Labute approximate surface area is 88.6 Å². The fourth-order valence-corrected chi connectivity index (χ4v) is 0.760. The fraction of sp³-hybridized carbons (Fsp3) is 0.556. The quantitative estimate of drug-likeness (QED) is 0.659. The molecule has 0 spiro atoms. The van der Waals surface area contributed by atoms with Gasteiger partial charge in [0.2, 0.25) is 0 Å². The first-order chi connectivity index (χ1) is 7.07. The number of nitrogens with zero attached hydrogens (tertiary/aromatic N) is 2. The normalized spacial score (nSPS) is 9.60. The van der Waals surface area contributed by atoms with E-state index in [0.29, 0.717) is 6.61 Å². The smallest absolute Gasteiger partial charge is 0.353 e. The molecular formula is C9H17N3O3. The zero-order chi connectivity index (χ0) is 11.7. The number of aromatic carboxylic acids is 1. The highest BCUT2D eigenvalue weighted by Crippen LogP contribution is 1.87. The molecule has 0 saturated heterocycles. The first kappa shape index (κ1) is 13.6. The molecule has 1 rings (SSSR count). The summed E-state index contributed by atoms with van der Waals surface area (Å²) in [6.07, 6.45) is 3.46. The molecule has 0 amide bonds. The molecule has 0 aliphatic rings. The summed E-state index contributed by atoms with van der Waals surface area (Å²) in [6, 6.07) is 0. The molecule has 1 aromatic heterocycles. The molecular weight excluding hydrogens is 198 g/mol. The van der Waals surface area contributed by atoms with Crippen LogP contribution in [0.15, 0.2) is 12.5 Å². The van der Waals surface area contributed by atoms with E-state index < -0.39 is 5.97 Å². The monoisotopic (exact) mass is 215 g/mol. The number of imidazole rings is 1. The number of aromatic amines is 1. The molecule has 6 heteroatoms. The minimum Gasteiger partial charge on any atom is -0.477 e. The third-order valence-corrected chi connectivity index (χ3v) is 1.49. The van der Waals surface area contributed by atoms with Crippen LogP contribution in [0, 0.1) is 0 Å². The number of carboxylic acids is 1. The third-order valence-electron chi connectivity index (χ3n) is 1.49. The molecule has 15 heavy (non-hydrogen) atoms. The first-order valence-electron chi connectivity index (χ1n) is 4.55. The zero-order valence-corrected chi connectivity index (χ0v) is 8.97. The predicted octanol–water partition coefficient (Wildman–Crippen LogP) is 0.0383. The lowest BCUT2D eigenvalue weighted by Crippen LogP contribution is -2.13. The second kappa shape index (κ2) is 7.95. The van der Waals surface area contributed by atoms with Crippen LogP contribution in [0.3, 0.4) is 0 Å². The maximum Gasteiger partial charge on any atom is 0.353 e. The third kappa shape index (κ3) is 7.65. The van der Waals surface area contributed by atoms with E-state index in [0.717, 1.165) is 13.0 Å². The molecule has 0 radical (unpaired) electrons. The van der Waals surface area contributed by atoms with Gasteiger partial charge in [-0.25, -0.2) is 9.78 Å². The van der Waals surface area contributed by atoms with E-state index in [2.05, 4.69) is 14.9 Å². The summed E-state index contributed by atoms with van der Waals surface area (Å²) in [6.45, 7) is 1.29. The maximum atomic E-state index is 9.99. The summed E-state index contributed by atoms with van der Waals surface area (Å²) < 4.78 is 0. The summed E-state index contributed by atoms with van der Waals surface area (Å²) in [5.41, 5.74) is 0.116. The highest BCUT2D eigenvalue weighted by Gasteiger charge is 1.99. The molecule has 0 saturated carbocycles. The number of hydrogen-bond donors (Lipinski definition) is 3. The van der Waals surface area contributed by atoms with E-state index in [1.54, 1.807) is 0 Å². The molecule has 0 aliphatic heterocycles. The van der Waals surface area contributed by atoms with E-state index in [1.165, 1.54) is 12.5 Å². The van der Waals surface area contributed by atoms with Crippen molar-refractivity contribution in [1.82, 2.24) is 14.9 Å². The van der Waals surface area contributed by atoms with E-state index in [9.17, 15) is 4.79 Å². The van der Waals surface area contributed by atoms with Gasteiger partial charge in [-0.05, 0) is 27.1 Å². The molecule has 0 aromatic carbocycles. The number of aromatic nitrogens is 2. The highest BCUT2D eigenvalue weighted by molar-refractivity contribution is 5.84. The largest absolute Gasteiger partial charge is 0.477 e. The topological polar surface area (TPSA) is 89.4 Å². The van der Waals surface area contributed by atoms with Crippen molar-refractivity contribution >= 4 is 5.97 Å². The van der Waals surface area contributed by atoms with Crippen LogP contribution in [0.4, 0.5) is 0 Å². The Bertz CT molecular complexity index is 260. The molecule has 86 valence electrons. The standard InChI is InChI=1S/C5H13NO.C4H4N2O2/c1-6(2)4-3-5-7;7-4(8)3-1-5-2-6-3/h7H,3-5H2,1-2H3;1-2H,(H,5,6)(H,7,8). The van der Waals surface area contributed by atoms with Gasteiger partial charge < -0.3 is 20.1 Å². The van der Waals surface area contributed by atoms with Crippen LogP contribution in [0.5, 0.6) is 0 Å². The second-order valence-electron chi connectivity index (χ2n) is 3.15. The Kier molecular flexibility index (Phi) is 7.21. The fourth-order valence-electron chi connectivity index (χ4n) is 0.760. The highest BCUT2D eigenvalue weighted by atomic mass is 16.4. The summed E-state index contributed by atoms with van der Waals surface area (Å²) >= 11 is 0. The van der Waals surface area contributed by atoms with E-state index in [-0.39, 0.29) is 5.69 Å². The van der Waals surface area contributed by atoms with Crippen molar-refractivity contribution in [2.24, 2.45) is 0 Å². The number of nitrogens with one attached hydrogen (secondary N) is 1. The lowest BCUT2D eigenvalue weighted by molar-refractivity contribution is 0.0691. The van der Waals surface area contributed by atoms with Gasteiger partial charge in [-0.3, -0.25) is 0 Å². The van der Waals surface area contributed by atoms with E-state index >= 15 is 0 Å². The van der Waals surface area contributed by atoms with Gasteiger partial charge in [0.15, 0.2) is 0 Å². The molecule has 0 bridgehead atoms. The van der Waals surface area contributed by atoms with Crippen molar-refractivity contribution in [3.8, 4) is 0 Å². The predicted molar refractivity (Wildman–Crippen MR) is 55.8 cm³/mol. The van der Waals surface area contributed by atoms with Crippen molar-refractivity contribution in [3.05, 3.63) is 18.2 Å². The number of carboxylic acid groups (broad SMARTS) is 1. The molecule has 1 heterocycles. The van der Waals surface area contributed by atoms with Crippen molar-refractivity contribution in [2.45, 2.75) is 6.42 Å². The average molecular weight is 215 g/mol. The van der Waals surface area contributed by atoms with Gasteiger partial charge in [0.1, 0.15) is 5.69 Å². The van der Waals surface area contributed by atoms with Gasteiger partial charge in [0.25, 0.3) is 0 Å². The Morgan fingerprint density at radius 1 is 1.60 bits per heavy atom. The molecule has 0 atom stereocenters. The van der Waals surface area contributed by atoms with Crippen LogP contribution < -0.4 is 0 Å². The van der Waals surface area contributed by atoms with Crippen molar-refractivity contribution in [3.63, 3.8) is 0 Å². The van der Waals surface area contributed by atoms with Gasteiger partial charge in [-0.15, -0.1) is 0 Å². The molecule has 0 fully saturated rings. The van der Waals surface area contributed by atoms with Crippen LogP contribution in [-0.2, 0) is 0 Å². The van der Waals surface area contributed by atoms with Gasteiger partial charge in [-0.2, -0.15) is 0 Å². The van der Waals surface area contributed by atoms with Crippen LogP contribution in [0.1, 0.15) is 16.9 Å². The Morgan fingerprint density at radius 3 is 2.47 bits per heavy atom. The summed E-state index contributed by atoms with van der Waals surface area (Å²) in [5, 5.41) is 16.5. The molecule has 3 N–H and O–H groups in total. The maximum absolute atomic E-state index is 9.99. The molecule has 1 aromatic rings. The lowest BCUT2D eigenvalue weighted by atomic mass is 10.4. The molecule has 0 unspecified atom stereocenters. The van der Waals surface area contributed by atoms with E-state index in [1.807, 2.05) is 14.1 Å². The first-order valence-corrected chi connectivity index (χ1v) is 4.55. The summed E-state index contributed by atoms with van der Waals surface area (Å²) in [5.74, 6) is -0.984. The number of rotatable bonds is 4. The van der Waals surface area contributed by atoms with Crippen LogP contribution in [-0.4, -0.2) is 58.3 Å². The van der Waals surface area contributed by atoms with Crippen LogP contribution in [0.2, 0.25) is 0 Å². The number of aliphatic hydroxyl groups excluding tert-OH is 1. The van der Waals surface area contributed by atoms with Crippen LogP contribution >= 0.6 is 0 Å².